The topological polar surface area (TPSA) is 61.4 Å². The third kappa shape index (κ3) is 2.26. The molecule has 0 saturated heterocycles. The third-order valence-corrected chi connectivity index (χ3v) is 4.49. The van der Waals surface area contributed by atoms with Crippen molar-refractivity contribution < 1.29 is 13.9 Å². The highest BCUT2D eigenvalue weighted by Crippen LogP contribution is 2.56. The number of benzene rings is 1. The maximum absolute atomic E-state index is 12.0. The number of ether oxygens (including phenoxy) is 1. The summed E-state index contributed by atoms with van der Waals surface area (Å²) < 4.78 is 12.3. The van der Waals surface area contributed by atoms with Gasteiger partial charge in [0.1, 0.15) is 5.60 Å². The van der Waals surface area contributed by atoms with Crippen LogP contribution in [0.1, 0.15) is 32.1 Å². The van der Waals surface area contributed by atoms with Crippen molar-refractivity contribution >= 4 is 17.1 Å². The largest absolute Gasteiger partial charge is 0.459 e. The van der Waals surface area contributed by atoms with Gasteiger partial charge in [0, 0.05) is 6.54 Å². The van der Waals surface area contributed by atoms with Crippen LogP contribution in [0.25, 0.3) is 11.1 Å². The summed E-state index contributed by atoms with van der Waals surface area (Å²) in [4.78, 5) is 23.8. The van der Waals surface area contributed by atoms with Crippen LogP contribution in [0.5, 0.6) is 0 Å². The van der Waals surface area contributed by atoms with E-state index in [0.29, 0.717) is 18.0 Å². The number of rotatable bonds is 5. The van der Waals surface area contributed by atoms with Gasteiger partial charge in [-0.25, -0.2) is 4.79 Å². The Balaban J connectivity index is 1.45. The van der Waals surface area contributed by atoms with Crippen molar-refractivity contribution in [2.24, 2.45) is 5.92 Å². The molecule has 1 aromatic carbocycles. The molecule has 0 radical (unpaired) electrons. The minimum Gasteiger partial charge on any atom is -0.459 e. The lowest BCUT2D eigenvalue weighted by atomic mass is 10.2. The van der Waals surface area contributed by atoms with E-state index in [0.717, 1.165) is 18.4 Å². The molecule has 1 aromatic heterocycles. The number of fused-ring (bicyclic) bond motifs is 1. The van der Waals surface area contributed by atoms with Crippen LogP contribution in [0.4, 0.5) is 0 Å². The van der Waals surface area contributed by atoms with E-state index < -0.39 is 5.76 Å². The van der Waals surface area contributed by atoms with E-state index in [9.17, 15) is 9.59 Å². The zero-order valence-corrected chi connectivity index (χ0v) is 11.7. The van der Waals surface area contributed by atoms with Crippen LogP contribution >= 0.6 is 0 Å². The van der Waals surface area contributed by atoms with Crippen molar-refractivity contribution in [1.29, 1.82) is 0 Å². The summed E-state index contributed by atoms with van der Waals surface area (Å²) >= 11 is 0. The predicted molar refractivity (Wildman–Crippen MR) is 75.9 cm³/mol. The van der Waals surface area contributed by atoms with Gasteiger partial charge in [-0.1, -0.05) is 12.1 Å². The molecule has 4 rings (SSSR count). The fraction of sp³-hybridized carbons (Fsp3) is 0.500. The van der Waals surface area contributed by atoms with Crippen LogP contribution in [0.2, 0.25) is 0 Å². The highest BCUT2D eigenvalue weighted by Gasteiger charge is 2.57. The molecule has 0 spiro atoms. The summed E-state index contributed by atoms with van der Waals surface area (Å²) in [5, 5.41) is 0. The number of esters is 1. The number of carbonyl (C=O) groups excluding carboxylic acids is 1. The minimum atomic E-state index is -0.424. The van der Waals surface area contributed by atoms with Gasteiger partial charge >= 0.3 is 11.7 Å². The highest BCUT2D eigenvalue weighted by molar-refractivity contribution is 5.73. The van der Waals surface area contributed by atoms with Gasteiger partial charge in [-0.3, -0.25) is 9.36 Å². The molecule has 2 aliphatic carbocycles. The van der Waals surface area contributed by atoms with E-state index in [4.69, 9.17) is 9.15 Å². The first-order chi connectivity index (χ1) is 10.2. The lowest BCUT2D eigenvalue weighted by Crippen LogP contribution is -2.24. The number of nitrogens with zero attached hydrogens (tertiary/aromatic N) is 1. The van der Waals surface area contributed by atoms with Crippen molar-refractivity contribution in [3.05, 3.63) is 34.8 Å². The fourth-order valence-corrected chi connectivity index (χ4v) is 3.03. The van der Waals surface area contributed by atoms with Crippen molar-refractivity contribution in [1.82, 2.24) is 4.57 Å². The van der Waals surface area contributed by atoms with E-state index in [1.165, 1.54) is 17.4 Å². The van der Waals surface area contributed by atoms with Gasteiger partial charge in [-0.2, -0.15) is 0 Å². The molecular formula is C16H17NO4. The van der Waals surface area contributed by atoms with Crippen LogP contribution in [-0.2, 0) is 16.1 Å². The number of aryl methyl sites for hydroxylation is 1. The smallest absolute Gasteiger partial charge is 0.419 e. The monoisotopic (exact) mass is 287 g/mol. The number of para-hydroxylation sites is 2. The maximum atomic E-state index is 12.0. The van der Waals surface area contributed by atoms with Crippen molar-refractivity contribution in [2.75, 3.05) is 0 Å². The lowest BCUT2D eigenvalue weighted by Gasteiger charge is -2.15. The van der Waals surface area contributed by atoms with E-state index >= 15 is 0 Å². The van der Waals surface area contributed by atoms with E-state index in [1.54, 1.807) is 6.07 Å². The summed E-state index contributed by atoms with van der Waals surface area (Å²) in [5.74, 6) is -0.0529. The van der Waals surface area contributed by atoms with Gasteiger partial charge in [0.15, 0.2) is 5.58 Å². The summed E-state index contributed by atoms with van der Waals surface area (Å²) in [6, 6.07) is 7.23. The standard InChI is InChI=1S/C16H17NO4/c18-14(21-16(8-9-16)11-5-6-11)7-10-17-12-3-1-2-4-13(12)20-15(17)19/h1-4,11H,5-10H2. The molecule has 5 heteroatoms. The summed E-state index contributed by atoms with van der Waals surface area (Å²) in [6.07, 6.45) is 4.56. The van der Waals surface area contributed by atoms with Crippen molar-refractivity contribution in [2.45, 2.75) is 44.2 Å². The molecular weight excluding hydrogens is 270 g/mol. The molecule has 2 saturated carbocycles. The van der Waals surface area contributed by atoms with Crippen LogP contribution < -0.4 is 5.76 Å². The van der Waals surface area contributed by atoms with E-state index in [-0.39, 0.29) is 18.0 Å². The zero-order chi connectivity index (χ0) is 14.4. The molecule has 2 aromatic rings. The quantitative estimate of drug-likeness (QED) is 0.793. The normalized spacial score (nSPS) is 19.6. The Bertz CT molecular complexity index is 749. The summed E-state index contributed by atoms with van der Waals surface area (Å²) in [5.41, 5.74) is 1.12. The summed E-state index contributed by atoms with van der Waals surface area (Å²) in [7, 11) is 0. The lowest BCUT2D eigenvalue weighted by molar-refractivity contribution is -0.152. The Hall–Kier alpha value is -2.04. The van der Waals surface area contributed by atoms with Gasteiger partial charge in [-0.15, -0.1) is 0 Å². The Labute approximate surface area is 121 Å². The molecule has 0 aliphatic heterocycles. The van der Waals surface area contributed by atoms with Crippen LogP contribution in [0.15, 0.2) is 33.5 Å². The van der Waals surface area contributed by atoms with Gasteiger partial charge in [0.2, 0.25) is 0 Å². The Morgan fingerprint density at radius 2 is 2.10 bits per heavy atom. The zero-order valence-electron chi connectivity index (χ0n) is 11.7. The Morgan fingerprint density at radius 3 is 2.81 bits per heavy atom. The molecule has 0 bridgehead atoms. The second-order valence-electron chi connectivity index (χ2n) is 6.05. The molecule has 0 atom stereocenters. The number of carbonyl (C=O) groups is 1. The number of aromatic nitrogens is 1. The van der Waals surface area contributed by atoms with E-state index in [2.05, 4.69) is 0 Å². The van der Waals surface area contributed by atoms with Crippen LogP contribution in [-0.4, -0.2) is 16.1 Å². The van der Waals surface area contributed by atoms with Crippen molar-refractivity contribution in [3.63, 3.8) is 0 Å². The van der Waals surface area contributed by atoms with Gasteiger partial charge in [0.25, 0.3) is 0 Å². The number of hydrogen-bond acceptors (Lipinski definition) is 4. The van der Waals surface area contributed by atoms with Gasteiger partial charge < -0.3 is 9.15 Å². The molecule has 110 valence electrons. The molecule has 0 N–H and O–H groups in total. The molecule has 2 fully saturated rings. The Morgan fingerprint density at radius 1 is 1.33 bits per heavy atom. The van der Waals surface area contributed by atoms with E-state index in [1.807, 2.05) is 18.2 Å². The molecule has 5 nitrogen and oxygen atoms in total. The summed E-state index contributed by atoms with van der Waals surface area (Å²) in [6.45, 7) is 0.301. The van der Waals surface area contributed by atoms with Crippen molar-refractivity contribution in [3.8, 4) is 0 Å². The molecule has 1 heterocycles. The maximum Gasteiger partial charge on any atom is 0.419 e. The number of hydrogen-bond donors (Lipinski definition) is 0. The average molecular weight is 287 g/mol. The highest BCUT2D eigenvalue weighted by atomic mass is 16.6. The van der Waals surface area contributed by atoms with Crippen LogP contribution in [0.3, 0.4) is 0 Å². The Kier molecular flexibility index (Phi) is 2.71. The van der Waals surface area contributed by atoms with Crippen LogP contribution in [0, 0.1) is 5.92 Å². The first kappa shape index (κ1) is 12.7. The second-order valence-corrected chi connectivity index (χ2v) is 6.05. The predicted octanol–water partition coefficient (Wildman–Crippen LogP) is 2.47. The fourth-order valence-electron chi connectivity index (χ4n) is 3.03. The van der Waals surface area contributed by atoms with Gasteiger partial charge in [0.05, 0.1) is 11.9 Å². The first-order valence-electron chi connectivity index (χ1n) is 7.48. The molecule has 2 aliphatic rings. The number of oxazole rings is 1. The first-order valence-corrected chi connectivity index (χ1v) is 7.48. The second kappa shape index (κ2) is 4.48. The SMILES string of the molecule is O=C(CCn1c(=O)oc2ccccc21)OC1(C2CC2)CC1. The minimum absolute atomic E-state index is 0.152. The van der Waals surface area contributed by atoms with Gasteiger partial charge in [-0.05, 0) is 43.7 Å². The molecule has 0 unspecified atom stereocenters. The average Bonchev–Trinajstić information content (AvgIpc) is 3.34. The molecule has 0 amide bonds. The molecule has 21 heavy (non-hydrogen) atoms. The third-order valence-electron chi connectivity index (χ3n) is 4.49.